The molecule has 112 valence electrons. The molecule has 0 radical (unpaired) electrons. The summed E-state index contributed by atoms with van der Waals surface area (Å²) in [7, 11) is 0. The van der Waals surface area contributed by atoms with Gasteiger partial charge in [-0.05, 0) is 30.9 Å². The first-order valence-electron chi connectivity index (χ1n) is 7.62. The molecule has 20 heavy (non-hydrogen) atoms. The zero-order chi connectivity index (χ0) is 14.8. The summed E-state index contributed by atoms with van der Waals surface area (Å²) < 4.78 is 5.53. The molecule has 0 bridgehead atoms. The van der Waals surface area contributed by atoms with E-state index in [4.69, 9.17) is 4.74 Å². The first-order chi connectivity index (χ1) is 9.67. The molecule has 0 saturated heterocycles. The molecule has 3 nitrogen and oxygen atoms in total. The normalized spacial score (nSPS) is 11.9. The van der Waals surface area contributed by atoms with Crippen LogP contribution in [0.2, 0.25) is 0 Å². The molecule has 1 N–H and O–H groups in total. The second kappa shape index (κ2) is 9.40. The van der Waals surface area contributed by atoms with Crippen LogP contribution in [-0.2, 0) is 4.79 Å². The van der Waals surface area contributed by atoms with Crippen LogP contribution in [0.4, 0.5) is 0 Å². The highest BCUT2D eigenvalue weighted by Gasteiger charge is 2.09. The van der Waals surface area contributed by atoms with Crippen molar-refractivity contribution in [2.75, 3.05) is 13.2 Å². The Morgan fingerprint density at radius 3 is 2.70 bits per heavy atom. The number of amides is 1. The van der Waals surface area contributed by atoms with E-state index < -0.39 is 0 Å². The predicted octanol–water partition coefficient (Wildman–Crippen LogP) is 3.71. The monoisotopic (exact) mass is 277 g/mol. The molecule has 0 saturated carbocycles. The van der Waals surface area contributed by atoms with Gasteiger partial charge in [-0.3, -0.25) is 4.79 Å². The maximum atomic E-state index is 11.8. The van der Waals surface area contributed by atoms with E-state index in [1.165, 1.54) is 19.3 Å². The van der Waals surface area contributed by atoms with Crippen LogP contribution in [0.5, 0.6) is 5.75 Å². The minimum atomic E-state index is -0.0387. The molecule has 0 aliphatic rings. The third-order valence-corrected chi connectivity index (χ3v) is 3.58. The van der Waals surface area contributed by atoms with Gasteiger partial charge in [0, 0.05) is 6.54 Å². The molecule has 1 amide bonds. The third-order valence-electron chi connectivity index (χ3n) is 3.58. The first kappa shape index (κ1) is 16.5. The first-order valence-corrected chi connectivity index (χ1v) is 7.62. The van der Waals surface area contributed by atoms with Crippen molar-refractivity contribution < 1.29 is 9.53 Å². The number of carbonyl (C=O) groups is 1. The van der Waals surface area contributed by atoms with Crippen LogP contribution in [0.15, 0.2) is 24.3 Å². The SMILES string of the molecule is CCCC[C@H](CC)CNC(=O)COc1ccccc1C. The van der Waals surface area contributed by atoms with Crippen molar-refractivity contribution in [1.82, 2.24) is 5.32 Å². The number of rotatable bonds is 9. The van der Waals surface area contributed by atoms with Crippen LogP contribution >= 0.6 is 0 Å². The summed E-state index contributed by atoms with van der Waals surface area (Å²) >= 11 is 0. The molecule has 0 unspecified atom stereocenters. The Labute approximate surface area is 122 Å². The summed E-state index contributed by atoms with van der Waals surface area (Å²) in [5.74, 6) is 1.32. The molecule has 0 fully saturated rings. The standard InChI is InChI=1S/C17H27NO2/c1-4-6-10-15(5-2)12-18-17(19)13-20-16-11-8-7-9-14(16)3/h7-9,11,15H,4-6,10,12-13H2,1-3H3,(H,18,19)/t15-/m0/s1. The van der Waals surface area contributed by atoms with Crippen molar-refractivity contribution in [2.24, 2.45) is 5.92 Å². The summed E-state index contributed by atoms with van der Waals surface area (Å²) in [5.41, 5.74) is 1.05. The lowest BCUT2D eigenvalue weighted by molar-refractivity contribution is -0.123. The minimum Gasteiger partial charge on any atom is -0.484 e. The van der Waals surface area contributed by atoms with Gasteiger partial charge in [-0.15, -0.1) is 0 Å². The molecule has 0 spiro atoms. The lowest BCUT2D eigenvalue weighted by Gasteiger charge is -2.15. The van der Waals surface area contributed by atoms with E-state index in [1.807, 2.05) is 31.2 Å². The van der Waals surface area contributed by atoms with Crippen LogP contribution in [0.3, 0.4) is 0 Å². The molecule has 0 aliphatic heterocycles. The van der Waals surface area contributed by atoms with Gasteiger partial charge < -0.3 is 10.1 Å². The molecule has 0 aliphatic carbocycles. The Kier molecular flexibility index (Phi) is 7.78. The van der Waals surface area contributed by atoms with Crippen molar-refractivity contribution in [3.63, 3.8) is 0 Å². The average molecular weight is 277 g/mol. The minimum absolute atomic E-state index is 0.0387. The van der Waals surface area contributed by atoms with Gasteiger partial charge in [-0.1, -0.05) is 51.3 Å². The van der Waals surface area contributed by atoms with Crippen molar-refractivity contribution in [3.05, 3.63) is 29.8 Å². The second-order valence-electron chi connectivity index (χ2n) is 5.27. The Morgan fingerprint density at radius 2 is 2.05 bits per heavy atom. The van der Waals surface area contributed by atoms with E-state index in [-0.39, 0.29) is 12.5 Å². The molecular formula is C17H27NO2. The van der Waals surface area contributed by atoms with Crippen LogP contribution in [0, 0.1) is 12.8 Å². The largest absolute Gasteiger partial charge is 0.484 e. The lowest BCUT2D eigenvalue weighted by Crippen LogP contribution is -2.33. The lowest BCUT2D eigenvalue weighted by atomic mass is 9.99. The van der Waals surface area contributed by atoms with Gasteiger partial charge in [-0.2, -0.15) is 0 Å². The van der Waals surface area contributed by atoms with E-state index in [0.717, 1.165) is 24.3 Å². The van der Waals surface area contributed by atoms with Gasteiger partial charge in [-0.25, -0.2) is 0 Å². The van der Waals surface area contributed by atoms with Gasteiger partial charge in [0.05, 0.1) is 0 Å². The maximum absolute atomic E-state index is 11.8. The smallest absolute Gasteiger partial charge is 0.257 e. The number of hydrogen-bond acceptors (Lipinski definition) is 2. The van der Waals surface area contributed by atoms with Crippen LogP contribution in [0.25, 0.3) is 0 Å². The Morgan fingerprint density at radius 1 is 1.30 bits per heavy atom. The van der Waals surface area contributed by atoms with E-state index in [2.05, 4.69) is 19.2 Å². The highest BCUT2D eigenvalue weighted by molar-refractivity contribution is 5.77. The quantitative estimate of drug-likeness (QED) is 0.747. The third kappa shape index (κ3) is 6.09. The van der Waals surface area contributed by atoms with Crippen LogP contribution < -0.4 is 10.1 Å². The number of nitrogens with one attached hydrogen (secondary N) is 1. The van der Waals surface area contributed by atoms with Gasteiger partial charge >= 0.3 is 0 Å². The summed E-state index contributed by atoms with van der Waals surface area (Å²) in [6, 6.07) is 7.74. The maximum Gasteiger partial charge on any atom is 0.257 e. The fraction of sp³-hybridized carbons (Fsp3) is 0.588. The number of benzene rings is 1. The van der Waals surface area contributed by atoms with Gasteiger partial charge in [0.15, 0.2) is 6.61 Å². The summed E-state index contributed by atoms with van der Waals surface area (Å²) in [6.07, 6.45) is 4.74. The number of carbonyl (C=O) groups excluding carboxylic acids is 1. The van der Waals surface area contributed by atoms with Crippen molar-refractivity contribution in [2.45, 2.75) is 46.5 Å². The van der Waals surface area contributed by atoms with Crippen molar-refractivity contribution in [3.8, 4) is 5.75 Å². The van der Waals surface area contributed by atoms with E-state index >= 15 is 0 Å². The Bertz CT molecular complexity index is 404. The molecule has 1 rings (SSSR count). The molecule has 0 heterocycles. The highest BCUT2D eigenvalue weighted by Crippen LogP contribution is 2.16. The van der Waals surface area contributed by atoms with Crippen molar-refractivity contribution in [1.29, 1.82) is 0 Å². The van der Waals surface area contributed by atoms with Crippen LogP contribution in [-0.4, -0.2) is 19.1 Å². The Balaban J connectivity index is 2.28. The zero-order valence-electron chi connectivity index (χ0n) is 12.9. The van der Waals surface area contributed by atoms with Gasteiger partial charge in [0.1, 0.15) is 5.75 Å². The molecular weight excluding hydrogens is 250 g/mol. The summed E-state index contributed by atoms with van der Waals surface area (Å²) in [6.45, 7) is 7.20. The zero-order valence-corrected chi connectivity index (χ0v) is 12.9. The molecule has 1 atom stereocenters. The summed E-state index contributed by atoms with van der Waals surface area (Å²) in [5, 5.41) is 2.97. The van der Waals surface area contributed by atoms with E-state index in [1.54, 1.807) is 0 Å². The molecule has 0 aromatic heterocycles. The Hall–Kier alpha value is -1.51. The summed E-state index contributed by atoms with van der Waals surface area (Å²) in [4.78, 5) is 11.8. The highest BCUT2D eigenvalue weighted by atomic mass is 16.5. The van der Waals surface area contributed by atoms with E-state index in [0.29, 0.717) is 5.92 Å². The van der Waals surface area contributed by atoms with Gasteiger partial charge in [0.2, 0.25) is 0 Å². The molecule has 3 heteroatoms. The predicted molar refractivity (Wildman–Crippen MR) is 83.0 cm³/mol. The average Bonchev–Trinajstić information content (AvgIpc) is 2.46. The molecule has 1 aromatic carbocycles. The van der Waals surface area contributed by atoms with Crippen molar-refractivity contribution >= 4 is 5.91 Å². The van der Waals surface area contributed by atoms with E-state index in [9.17, 15) is 4.79 Å². The number of ether oxygens (including phenoxy) is 1. The number of para-hydroxylation sites is 1. The molecule has 1 aromatic rings. The fourth-order valence-electron chi connectivity index (χ4n) is 2.11. The second-order valence-corrected chi connectivity index (χ2v) is 5.27. The number of unbranched alkanes of at least 4 members (excludes halogenated alkanes) is 1. The van der Waals surface area contributed by atoms with Gasteiger partial charge in [0.25, 0.3) is 5.91 Å². The topological polar surface area (TPSA) is 38.3 Å². The number of aryl methyl sites for hydroxylation is 1. The van der Waals surface area contributed by atoms with Crippen LogP contribution in [0.1, 0.15) is 45.1 Å². The number of hydrogen-bond donors (Lipinski definition) is 1. The fourth-order valence-corrected chi connectivity index (χ4v) is 2.11.